The molecule has 150 valence electrons. The van der Waals surface area contributed by atoms with Crippen molar-refractivity contribution < 1.29 is 9.53 Å². The van der Waals surface area contributed by atoms with E-state index in [1.54, 1.807) is 0 Å². The van der Waals surface area contributed by atoms with E-state index >= 15 is 0 Å². The number of anilines is 1. The third-order valence-electron chi connectivity index (χ3n) is 4.75. The van der Waals surface area contributed by atoms with E-state index < -0.39 is 0 Å². The lowest BCUT2D eigenvalue weighted by Gasteiger charge is -2.25. The zero-order chi connectivity index (χ0) is 19.3. The molecular formula is C21H33N3O2S. The van der Waals surface area contributed by atoms with E-state index in [1.165, 1.54) is 44.1 Å². The van der Waals surface area contributed by atoms with Crippen molar-refractivity contribution >= 4 is 28.9 Å². The molecule has 1 aromatic rings. The van der Waals surface area contributed by atoms with Gasteiger partial charge in [0.1, 0.15) is 0 Å². The normalized spacial score (nSPS) is 14.7. The molecule has 5 nitrogen and oxygen atoms in total. The Labute approximate surface area is 168 Å². The molecule has 6 heteroatoms. The molecule has 0 aliphatic carbocycles. The molecule has 1 heterocycles. The Morgan fingerprint density at radius 1 is 1.07 bits per heavy atom. The number of hydrogen-bond acceptors (Lipinski definition) is 4. The summed E-state index contributed by atoms with van der Waals surface area (Å²) in [7, 11) is 0. The van der Waals surface area contributed by atoms with Crippen LogP contribution in [-0.2, 0) is 16.0 Å². The largest absolute Gasteiger partial charge is 0.379 e. The molecule has 0 saturated carbocycles. The fourth-order valence-corrected chi connectivity index (χ4v) is 3.39. The highest BCUT2D eigenvalue weighted by Gasteiger charge is 2.14. The maximum atomic E-state index is 12.1. The van der Waals surface area contributed by atoms with Crippen molar-refractivity contribution in [3.05, 3.63) is 29.8 Å². The SMILES string of the molecule is CCCCCCCCc1ccc(NC(=S)NC(=O)CN2CCOCC2)cc1. The first-order valence-electron chi connectivity index (χ1n) is 10.2. The van der Waals surface area contributed by atoms with Gasteiger partial charge < -0.3 is 15.4 Å². The minimum Gasteiger partial charge on any atom is -0.379 e. The predicted octanol–water partition coefficient (Wildman–Crippen LogP) is 3.73. The zero-order valence-electron chi connectivity index (χ0n) is 16.5. The minimum atomic E-state index is -0.0888. The van der Waals surface area contributed by atoms with Crippen LogP contribution >= 0.6 is 12.2 Å². The smallest absolute Gasteiger partial charge is 0.240 e. The van der Waals surface area contributed by atoms with Crippen LogP contribution in [0.1, 0.15) is 51.0 Å². The third kappa shape index (κ3) is 9.31. The molecule has 1 fully saturated rings. The van der Waals surface area contributed by atoms with E-state index in [2.05, 4.69) is 34.6 Å². The van der Waals surface area contributed by atoms with Crippen molar-refractivity contribution in [3.8, 4) is 0 Å². The zero-order valence-corrected chi connectivity index (χ0v) is 17.3. The number of morpholine rings is 1. The van der Waals surface area contributed by atoms with Crippen molar-refractivity contribution in [2.24, 2.45) is 0 Å². The van der Waals surface area contributed by atoms with Crippen LogP contribution in [0.25, 0.3) is 0 Å². The van der Waals surface area contributed by atoms with Crippen molar-refractivity contribution in [3.63, 3.8) is 0 Å². The second-order valence-corrected chi connectivity index (χ2v) is 7.51. The Hall–Kier alpha value is -1.50. The summed E-state index contributed by atoms with van der Waals surface area (Å²) >= 11 is 5.25. The molecule has 1 aliphatic rings. The van der Waals surface area contributed by atoms with E-state index in [9.17, 15) is 4.79 Å². The molecule has 2 rings (SSSR count). The number of aryl methyl sites for hydroxylation is 1. The molecule has 0 bridgehead atoms. The van der Waals surface area contributed by atoms with Gasteiger partial charge >= 0.3 is 0 Å². The molecule has 1 aliphatic heterocycles. The second kappa shape index (κ2) is 12.8. The molecule has 0 atom stereocenters. The highest BCUT2D eigenvalue weighted by molar-refractivity contribution is 7.80. The van der Waals surface area contributed by atoms with E-state index in [0.29, 0.717) is 24.9 Å². The number of amides is 1. The van der Waals surface area contributed by atoms with Gasteiger partial charge in [0.05, 0.1) is 19.8 Å². The number of ether oxygens (including phenoxy) is 1. The van der Waals surface area contributed by atoms with Gasteiger partial charge in [-0.05, 0) is 42.8 Å². The fraction of sp³-hybridized carbons (Fsp3) is 0.619. The van der Waals surface area contributed by atoms with Crippen LogP contribution in [0.4, 0.5) is 5.69 Å². The maximum Gasteiger partial charge on any atom is 0.240 e. The Morgan fingerprint density at radius 2 is 1.74 bits per heavy atom. The molecule has 1 saturated heterocycles. The molecule has 1 amide bonds. The molecule has 0 spiro atoms. The highest BCUT2D eigenvalue weighted by atomic mass is 32.1. The molecule has 2 N–H and O–H groups in total. The number of nitrogens with zero attached hydrogens (tertiary/aromatic N) is 1. The average molecular weight is 392 g/mol. The standard InChI is InChI=1S/C21H33N3O2S/c1-2-3-4-5-6-7-8-18-9-11-19(12-10-18)22-21(27)23-20(25)17-24-13-15-26-16-14-24/h9-12H,2-8,13-17H2,1H3,(H2,22,23,25,27). The van der Waals surface area contributed by atoms with Gasteiger partial charge in [0, 0.05) is 18.8 Å². The first kappa shape index (κ1) is 21.8. The van der Waals surface area contributed by atoms with Gasteiger partial charge in [-0.1, -0.05) is 51.2 Å². The molecule has 0 unspecified atom stereocenters. The summed E-state index contributed by atoms with van der Waals surface area (Å²) in [5.41, 5.74) is 2.25. The van der Waals surface area contributed by atoms with Crippen molar-refractivity contribution in [2.45, 2.75) is 51.9 Å². The van der Waals surface area contributed by atoms with Gasteiger partial charge in [-0.3, -0.25) is 9.69 Å². The van der Waals surface area contributed by atoms with Crippen LogP contribution in [0.15, 0.2) is 24.3 Å². The summed E-state index contributed by atoms with van der Waals surface area (Å²) < 4.78 is 5.29. The average Bonchev–Trinajstić information content (AvgIpc) is 2.66. The Bertz CT molecular complexity index is 571. The van der Waals surface area contributed by atoms with Crippen LogP contribution in [0.2, 0.25) is 0 Å². The van der Waals surface area contributed by atoms with Gasteiger partial charge in [-0.15, -0.1) is 0 Å². The summed E-state index contributed by atoms with van der Waals surface area (Å²) in [5.74, 6) is -0.0888. The Balaban J connectivity index is 1.64. The monoisotopic (exact) mass is 391 g/mol. The van der Waals surface area contributed by atoms with Crippen LogP contribution in [-0.4, -0.2) is 48.8 Å². The number of benzene rings is 1. The number of unbranched alkanes of at least 4 members (excludes halogenated alkanes) is 5. The van der Waals surface area contributed by atoms with Gasteiger partial charge in [0.25, 0.3) is 0 Å². The summed E-state index contributed by atoms with van der Waals surface area (Å²) in [6, 6.07) is 8.30. The molecule has 27 heavy (non-hydrogen) atoms. The van der Waals surface area contributed by atoms with Gasteiger partial charge in [0.2, 0.25) is 5.91 Å². The number of hydrogen-bond donors (Lipinski definition) is 2. The number of rotatable bonds is 10. The predicted molar refractivity (Wildman–Crippen MR) is 115 cm³/mol. The first-order valence-corrected chi connectivity index (χ1v) is 10.6. The van der Waals surface area contributed by atoms with Crippen molar-refractivity contribution in [2.75, 3.05) is 38.2 Å². The quantitative estimate of drug-likeness (QED) is 0.470. The summed E-state index contributed by atoms with van der Waals surface area (Å²) in [4.78, 5) is 14.1. The summed E-state index contributed by atoms with van der Waals surface area (Å²) in [6.45, 7) is 5.53. The lowest BCUT2D eigenvalue weighted by atomic mass is 10.0. The van der Waals surface area contributed by atoms with E-state index in [-0.39, 0.29) is 5.91 Å². The third-order valence-corrected chi connectivity index (χ3v) is 4.96. The summed E-state index contributed by atoms with van der Waals surface area (Å²) in [6.07, 6.45) is 9.01. The lowest BCUT2D eigenvalue weighted by Crippen LogP contribution is -2.45. The summed E-state index contributed by atoms with van der Waals surface area (Å²) in [5, 5.41) is 6.18. The van der Waals surface area contributed by atoms with Gasteiger partial charge in [0.15, 0.2) is 5.11 Å². The lowest BCUT2D eigenvalue weighted by molar-refractivity contribution is -0.121. The van der Waals surface area contributed by atoms with Crippen LogP contribution < -0.4 is 10.6 Å². The Kier molecular flexibility index (Phi) is 10.3. The number of nitrogens with one attached hydrogen (secondary N) is 2. The maximum absolute atomic E-state index is 12.1. The Morgan fingerprint density at radius 3 is 2.44 bits per heavy atom. The fourth-order valence-electron chi connectivity index (χ4n) is 3.16. The molecule has 0 aromatic heterocycles. The van der Waals surface area contributed by atoms with Crippen LogP contribution in [0, 0.1) is 0 Å². The number of carbonyl (C=O) groups excluding carboxylic acids is 1. The van der Waals surface area contributed by atoms with E-state index in [4.69, 9.17) is 17.0 Å². The number of carbonyl (C=O) groups is 1. The van der Waals surface area contributed by atoms with Gasteiger partial charge in [-0.25, -0.2) is 0 Å². The van der Waals surface area contributed by atoms with Crippen LogP contribution in [0.3, 0.4) is 0 Å². The molecule has 1 aromatic carbocycles. The van der Waals surface area contributed by atoms with Crippen molar-refractivity contribution in [1.29, 1.82) is 0 Å². The highest BCUT2D eigenvalue weighted by Crippen LogP contribution is 2.13. The number of thiocarbonyl (C=S) groups is 1. The van der Waals surface area contributed by atoms with Crippen molar-refractivity contribution in [1.82, 2.24) is 10.2 Å². The molecule has 0 radical (unpaired) electrons. The first-order chi connectivity index (χ1) is 13.2. The second-order valence-electron chi connectivity index (χ2n) is 7.11. The van der Waals surface area contributed by atoms with E-state index in [1.807, 2.05) is 12.1 Å². The molecular weight excluding hydrogens is 358 g/mol. The van der Waals surface area contributed by atoms with Gasteiger partial charge in [-0.2, -0.15) is 0 Å². The topological polar surface area (TPSA) is 53.6 Å². The van der Waals surface area contributed by atoms with Crippen LogP contribution in [0.5, 0.6) is 0 Å². The minimum absolute atomic E-state index is 0.0888. The van der Waals surface area contributed by atoms with E-state index in [0.717, 1.165) is 25.2 Å².